The zero-order chi connectivity index (χ0) is 13.3. The topological polar surface area (TPSA) is 70.1 Å². The van der Waals surface area contributed by atoms with Gasteiger partial charge < -0.3 is 19.6 Å². The highest BCUT2D eigenvalue weighted by Gasteiger charge is 2.44. The highest BCUT2D eigenvalue weighted by Crippen LogP contribution is 2.31. The van der Waals surface area contributed by atoms with Crippen molar-refractivity contribution in [1.82, 2.24) is 9.80 Å². The first kappa shape index (κ1) is 13.1. The molecular weight excluding hydrogens is 236 g/mol. The Morgan fingerprint density at radius 1 is 1.44 bits per heavy atom. The summed E-state index contributed by atoms with van der Waals surface area (Å²) in [5, 5.41) is 8.55. The predicted molar refractivity (Wildman–Crippen MR) is 64.3 cm³/mol. The summed E-state index contributed by atoms with van der Waals surface area (Å²) in [5.74, 6) is -0.304. The van der Waals surface area contributed by atoms with Crippen LogP contribution in [0.25, 0.3) is 0 Å². The van der Waals surface area contributed by atoms with Gasteiger partial charge in [-0.2, -0.15) is 0 Å². The number of likely N-dealkylation sites (tertiary alicyclic amines) is 1. The molecule has 6 nitrogen and oxygen atoms in total. The van der Waals surface area contributed by atoms with Crippen molar-refractivity contribution in [2.24, 2.45) is 5.92 Å². The van der Waals surface area contributed by atoms with Crippen molar-refractivity contribution in [3.63, 3.8) is 0 Å². The number of nitrogens with zero attached hydrogens (tertiary/aromatic N) is 2. The van der Waals surface area contributed by atoms with E-state index in [1.165, 1.54) is 12.8 Å². The van der Waals surface area contributed by atoms with E-state index in [2.05, 4.69) is 0 Å². The van der Waals surface area contributed by atoms with E-state index in [1.54, 1.807) is 9.80 Å². The molecule has 18 heavy (non-hydrogen) atoms. The van der Waals surface area contributed by atoms with Gasteiger partial charge >= 0.3 is 12.0 Å². The lowest BCUT2D eigenvalue weighted by Gasteiger charge is -2.48. The highest BCUT2D eigenvalue weighted by molar-refractivity contribution is 5.75. The van der Waals surface area contributed by atoms with Crippen LogP contribution in [0.3, 0.4) is 0 Å². The zero-order valence-electron chi connectivity index (χ0n) is 10.9. The Bertz CT molecular complexity index is 348. The number of rotatable bonds is 5. The molecule has 1 aliphatic heterocycles. The summed E-state index contributed by atoms with van der Waals surface area (Å²) >= 11 is 0. The summed E-state index contributed by atoms with van der Waals surface area (Å²) in [6, 6.07) is 0.0123. The number of hydrogen-bond acceptors (Lipinski definition) is 3. The number of amides is 2. The van der Waals surface area contributed by atoms with E-state index >= 15 is 0 Å². The molecule has 1 heterocycles. The van der Waals surface area contributed by atoms with Gasteiger partial charge in [-0.15, -0.1) is 0 Å². The van der Waals surface area contributed by atoms with E-state index < -0.39 is 11.6 Å². The minimum Gasteiger partial charge on any atom is -0.480 e. The van der Waals surface area contributed by atoms with Crippen LogP contribution in [0.1, 0.15) is 19.8 Å². The summed E-state index contributed by atoms with van der Waals surface area (Å²) in [7, 11) is 1.81. The van der Waals surface area contributed by atoms with E-state index in [9.17, 15) is 9.59 Å². The Balaban J connectivity index is 1.73. The van der Waals surface area contributed by atoms with Crippen molar-refractivity contribution in [2.75, 3.05) is 33.3 Å². The molecule has 0 atom stereocenters. The monoisotopic (exact) mass is 256 g/mol. The molecule has 2 rings (SSSR count). The van der Waals surface area contributed by atoms with E-state index in [0.29, 0.717) is 19.0 Å². The van der Waals surface area contributed by atoms with Gasteiger partial charge in [0.1, 0.15) is 12.2 Å². The van der Waals surface area contributed by atoms with Crippen molar-refractivity contribution in [3.8, 4) is 0 Å². The molecule has 0 aromatic carbocycles. The van der Waals surface area contributed by atoms with Crippen LogP contribution in [0.5, 0.6) is 0 Å². The van der Waals surface area contributed by atoms with E-state index in [1.807, 2.05) is 14.0 Å². The second-order valence-electron chi connectivity index (χ2n) is 5.59. The molecule has 1 aliphatic carbocycles. The molecule has 0 bridgehead atoms. The van der Waals surface area contributed by atoms with Gasteiger partial charge in [-0.3, -0.25) is 0 Å². The lowest BCUT2D eigenvalue weighted by molar-refractivity contribution is -0.160. The average Bonchev–Trinajstić information content (AvgIpc) is 3.05. The van der Waals surface area contributed by atoms with Gasteiger partial charge in [-0.25, -0.2) is 9.59 Å². The van der Waals surface area contributed by atoms with E-state index in [4.69, 9.17) is 9.84 Å². The Hall–Kier alpha value is -1.30. The van der Waals surface area contributed by atoms with Gasteiger partial charge in [0.2, 0.25) is 0 Å². The molecule has 0 spiro atoms. The van der Waals surface area contributed by atoms with Gasteiger partial charge in [0.25, 0.3) is 0 Å². The smallest absolute Gasteiger partial charge is 0.329 e. The van der Waals surface area contributed by atoms with Crippen molar-refractivity contribution < 1.29 is 19.4 Å². The van der Waals surface area contributed by atoms with Gasteiger partial charge in [0.15, 0.2) is 0 Å². The third-order valence-electron chi connectivity index (χ3n) is 3.42. The third-order valence-corrected chi connectivity index (χ3v) is 3.42. The zero-order valence-corrected chi connectivity index (χ0v) is 10.9. The maximum absolute atomic E-state index is 12.0. The molecule has 6 heteroatoms. The van der Waals surface area contributed by atoms with Crippen LogP contribution >= 0.6 is 0 Å². The van der Waals surface area contributed by atoms with Gasteiger partial charge in [0, 0.05) is 13.6 Å². The third kappa shape index (κ3) is 3.13. The molecule has 2 amide bonds. The lowest BCUT2D eigenvalue weighted by Crippen LogP contribution is -2.65. The average molecular weight is 256 g/mol. The number of carbonyl (C=O) groups is 2. The van der Waals surface area contributed by atoms with Gasteiger partial charge in [-0.05, 0) is 25.7 Å². The fourth-order valence-corrected chi connectivity index (χ4v) is 2.23. The Kier molecular flexibility index (Phi) is 3.47. The highest BCUT2D eigenvalue weighted by atomic mass is 16.5. The van der Waals surface area contributed by atoms with Crippen molar-refractivity contribution in [2.45, 2.75) is 25.4 Å². The largest absolute Gasteiger partial charge is 0.480 e. The fraction of sp³-hybridized carbons (Fsp3) is 0.833. The summed E-state index contributed by atoms with van der Waals surface area (Å²) in [6.07, 6.45) is 2.44. The molecule has 2 aliphatic rings. The Morgan fingerprint density at radius 2 is 2.06 bits per heavy atom. The Labute approximate surface area is 106 Å². The van der Waals surface area contributed by atoms with Crippen LogP contribution in [-0.2, 0) is 9.53 Å². The second kappa shape index (κ2) is 4.76. The molecule has 2 fully saturated rings. The first-order valence-electron chi connectivity index (χ1n) is 6.25. The predicted octanol–water partition coefficient (Wildman–Crippen LogP) is 0.624. The minimum absolute atomic E-state index is 0.0123. The molecule has 0 aromatic rings. The van der Waals surface area contributed by atoms with E-state index in [-0.39, 0.29) is 12.6 Å². The van der Waals surface area contributed by atoms with Crippen LogP contribution in [0.15, 0.2) is 0 Å². The first-order chi connectivity index (χ1) is 8.39. The first-order valence-corrected chi connectivity index (χ1v) is 6.25. The van der Waals surface area contributed by atoms with Crippen LogP contribution in [-0.4, -0.2) is 65.8 Å². The molecule has 1 N–H and O–H groups in total. The maximum Gasteiger partial charge on any atom is 0.329 e. The van der Waals surface area contributed by atoms with Crippen LogP contribution < -0.4 is 0 Å². The van der Waals surface area contributed by atoms with Crippen LogP contribution in [0, 0.1) is 5.92 Å². The summed E-state index contributed by atoms with van der Waals surface area (Å²) in [6.45, 7) is 3.28. The van der Waals surface area contributed by atoms with Crippen LogP contribution in [0.2, 0.25) is 0 Å². The number of aliphatic carboxylic acids is 1. The standard InChI is InChI=1S/C12H20N2O4/c1-12(18-6-10(15)16)7-14(8-12)11(17)13(2)5-9-3-4-9/h9H,3-8H2,1-2H3,(H,15,16). The molecule has 0 aromatic heterocycles. The number of urea groups is 1. The minimum atomic E-state index is -0.980. The number of carboxylic acids is 1. The van der Waals surface area contributed by atoms with Crippen molar-refractivity contribution >= 4 is 12.0 Å². The summed E-state index contributed by atoms with van der Waals surface area (Å²) in [4.78, 5) is 25.9. The van der Waals surface area contributed by atoms with E-state index in [0.717, 1.165) is 6.54 Å². The van der Waals surface area contributed by atoms with Crippen molar-refractivity contribution in [1.29, 1.82) is 0 Å². The number of carboxylic acid groups (broad SMARTS) is 1. The van der Waals surface area contributed by atoms with Gasteiger partial charge in [-0.1, -0.05) is 0 Å². The Morgan fingerprint density at radius 3 is 2.56 bits per heavy atom. The molecular formula is C12H20N2O4. The second-order valence-corrected chi connectivity index (χ2v) is 5.59. The molecule has 1 saturated carbocycles. The summed E-state index contributed by atoms with van der Waals surface area (Å²) < 4.78 is 5.27. The van der Waals surface area contributed by atoms with Gasteiger partial charge in [0.05, 0.1) is 13.1 Å². The number of carbonyl (C=O) groups excluding carboxylic acids is 1. The van der Waals surface area contributed by atoms with Crippen molar-refractivity contribution in [3.05, 3.63) is 0 Å². The molecule has 1 saturated heterocycles. The maximum atomic E-state index is 12.0. The molecule has 102 valence electrons. The van der Waals surface area contributed by atoms with Crippen LogP contribution in [0.4, 0.5) is 4.79 Å². The normalized spacial score (nSPS) is 21.3. The molecule has 0 unspecified atom stereocenters. The number of hydrogen-bond donors (Lipinski definition) is 1. The fourth-order valence-electron chi connectivity index (χ4n) is 2.23. The summed E-state index contributed by atoms with van der Waals surface area (Å²) in [5.41, 5.74) is -0.505. The quantitative estimate of drug-likeness (QED) is 0.783. The molecule has 0 radical (unpaired) electrons. The number of ether oxygens (including phenoxy) is 1. The lowest BCUT2D eigenvalue weighted by atomic mass is 9.97. The SMILES string of the molecule is CN(CC1CC1)C(=O)N1CC(C)(OCC(=O)O)C1.